The van der Waals surface area contributed by atoms with Crippen molar-refractivity contribution in [2.45, 2.75) is 20.8 Å². The molecule has 0 atom stereocenters. The molecule has 0 amide bonds. The monoisotopic (exact) mass is 242 g/mol. The van der Waals surface area contributed by atoms with Gasteiger partial charge in [0, 0.05) is 5.56 Å². The van der Waals surface area contributed by atoms with E-state index < -0.39 is 0 Å². The SMILES string of the molecule is CC.CC(=O)c1cccc(-c2ccccc2)c1O. The quantitative estimate of drug-likeness (QED) is 0.798. The highest BCUT2D eigenvalue weighted by atomic mass is 16.3. The molecule has 0 aliphatic carbocycles. The van der Waals surface area contributed by atoms with E-state index in [2.05, 4.69) is 0 Å². The molecule has 0 aliphatic rings. The van der Waals surface area contributed by atoms with Gasteiger partial charge in [-0.1, -0.05) is 56.3 Å². The van der Waals surface area contributed by atoms with Crippen molar-refractivity contribution in [2.24, 2.45) is 0 Å². The zero-order valence-electron chi connectivity index (χ0n) is 11.0. The lowest BCUT2D eigenvalue weighted by atomic mass is 10.00. The van der Waals surface area contributed by atoms with E-state index in [1.807, 2.05) is 44.2 Å². The lowest BCUT2D eigenvalue weighted by Gasteiger charge is -2.07. The van der Waals surface area contributed by atoms with Crippen LogP contribution in [0.15, 0.2) is 48.5 Å². The number of carbonyl (C=O) groups is 1. The highest BCUT2D eigenvalue weighted by Gasteiger charge is 2.11. The molecule has 0 bridgehead atoms. The number of para-hydroxylation sites is 1. The molecule has 94 valence electrons. The van der Waals surface area contributed by atoms with Crippen molar-refractivity contribution in [3.05, 3.63) is 54.1 Å². The van der Waals surface area contributed by atoms with Gasteiger partial charge in [0.15, 0.2) is 5.78 Å². The van der Waals surface area contributed by atoms with Crippen LogP contribution in [0.25, 0.3) is 11.1 Å². The average Bonchev–Trinajstić information content (AvgIpc) is 2.42. The van der Waals surface area contributed by atoms with Crippen LogP contribution < -0.4 is 0 Å². The van der Waals surface area contributed by atoms with Gasteiger partial charge in [-0.25, -0.2) is 0 Å². The van der Waals surface area contributed by atoms with Crippen LogP contribution in [0.3, 0.4) is 0 Å². The molecule has 0 radical (unpaired) electrons. The van der Waals surface area contributed by atoms with Crippen molar-refractivity contribution >= 4 is 5.78 Å². The first kappa shape index (κ1) is 14.0. The van der Waals surface area contributed by atoms with Crippen LogP contribution in [-0.2, 0) is 0 Å². The van der Waals surface area contributed by atoms with E-state index >= 15 is 0 Å². The molecule has 0 aromatic heterocycles. The first-order chi connectivity index (χ1) is 8.70. The first-order valence-electron chi connectivity index (χ1n) is 6.08. The standard InChI is InChI=1S/C14H12O2.C2H6/c1-10(15)12-8-5-9-13(14(12)16)11-6-3-2-4-7-11;1-2/h2-9,16H,1H3;1-2H3. The Bertz CT molecular complexity index is 516. The fraction of sp³-hybridized carbons (Fsp3) is 0.188. The van der Waals surface area contributed by atoms with E-state index in [4.69, 9.17) is 0 Å². The van der Waals surface area contributed by atoms with E-state index in [0.717, 1.165) is 5.56 Å². The number of carbonyl (C=O) groups excluding carboxylic acids is 1. The summed E-state index contributed by atoms with van der Waals surface area (Å²) in [6.45, 7) is 5.45. The van der Waals surface area contributed by atoms with Crippen molar-refractivity contribution in [3.8, 4) is 16.9 Å². The molecule has 1 N–H and O–H groups in total. The van der Waals surface area contributed by atoms with Crippen LogP contribution >= 0.6 is 0 Å². The number of rotatable bonds is 2. The maximum Gasteiger partial charge on any atom is 0.163 e. The van der Waals surface area contributed by atoms with Gasteiger partial charge in [-0.15, -0.1) is 0 Å². The van der Waals surface area contributed by atoms with Gasteiger partial charge in [0.2, 0.25) is 0 Å². The minimum Gasteiger partial charge on any atom is -0.507 e. The fourth-order valence-corrected chi connectivity index (χ4v) is 1.68. The van der Waals surface area contributed by atoms with Crippen LogP contribution in [0.2, 0.25) is 0 Å². The zero-order valence-corrected chi connectivity index (χ0v) is 11.0. The third-order valence-electron chi connectivity index (χ3n) is 2.50. The summed E-state index contributed by atoms with van der Waals surface area (Å²) in [7, 11) is 0. The Hall–Kier alpha value is -2.09. The second-order valence-electron chi connectivity index (χ2n) is 3.62. The Labute approximate surface area is 108 Å². The lowest BCUT2D eigenvalue weighted by molar-refractivity contribution is 0.101. The number of benzene rings is 2. The normalized spacial score (nSPS) is 9.28. The maximum atomic E-state index is 11.3. The molecular weight excluding hydrogens is 224 g/mol. The molecule has 2 heteroatoms. The molecule has 2 aromatic carbocycles. The summed E-state index contributed by atoms with van der Waals surface area (Å²) >= 11 is 0. The molecule has 0 fully saturated rings. The number of ketones is 1. The van der Waals surface area contributed by atoms with Gasteiger partial charge < -0.3 is 5.11 Å². The minimum absolute atomic E-state index is 0.0567. The zero-order chi connectivity index (χ0) is 13.5. The lowest BCUT2D eigenvalue weighted by Crippen LogP contribution is -1.93. The molecule has 0 aliphatic heterocycles. The van der Waals surface area contributed by atoms with Crippen molar-refractivity contribution in [1.29, 1.82) is 0 Å². The van der Waals surface area contributed by atoms with Gasteiger partial charge in [-0.3, -0.25) is 4.79 Å². The average molecular weight is 242 g/mol. The van der Waals surface area contributed by atoms with Gasteiger partial charge in [0.25, 0.3) is 0 Å². The Kier molecular flexibility index (Phi) is 5.12. The summed E-state index contributed by atoms with van der Waals surface area (Å²) in [6.07, 6.45) is 0. The molecule has 18 heavy (non-hydrogen) atoms. The highest BCUT2D eigenvalue weighted by Crippen LogP contribution is 2.31. The number of aromatic hydroxyl groups is 1. The van der Waals surface area contributed by atoms with E-state index in [0.29, 0.717) is 11.1 Å². The minimum atomic E-state index is -0.129. The summed E-state index contributed by atoms with van der Waals surface area (Å²) in [6, 6.07) is 14.7. The first-order valence-corrected chi connectivity index (χ1v) is 6.08. The number of hydrogen-bond donors (Lipinski definition) is 1. The van der Waals surface area contributed by atoms with Gasteiger partial charge in [-0.2, -0.15) is 0 Å². The Morgan fingerprint density at radius 1 is 0.944 bits per heavy atom. The molecule has 0 unspecified atom stereocenters. The molecule has 2 rings (SSSR count). The molecular formula is C16H18O2. The van der Waals surface area contributed by atoms with Crippen molar-refractivity contribution in [2.75, 3.05) is 0 Å². The summed E-state index contributed by atoms with van der Waals surface area (Å²) < 4.78 is 0. The smallest absolute Gasteiger partial charge is 0.163 e. The Morgan fingerprint density at radius 3 is 2.11 bits per heavy atom. The second kappa shape index (κ2) is 6.60. The van der Waals surface area contributed by atoms with E-state index in [9.17, 15) is 9.90 Å². The van der Waals surface area contributed by atoms with Crippen LogP contribution in [-0.4, -0.2) is 10.9 Å². The molecule has 0 saturated heterocycles. The van der Waals surface area contributed by atoms with Crippen molar-refractivity contribution in [3.63, 3.8) is 0 Å². The molecule has 0 heterocycles. The Morgan fingerprint density at radius 2 is 1.56 bits per heavy atom. The summed E-state index contributed by atoms with van der Waals surface area (Å²) in [4.78, 5) is 11.3. The molecule has 2 nitrogen and oxygen atoms in total. The fourth-order valence-electron chi connectivity index (χ4n) is 1.68. The summed E-state index contributed by atoms with van der Waals surface area (Å²) in [5, 5.41) is 9.99. The number of hydrogen-bond acceptors (Lipinski definition) is 2. The molecule has 0 saturated carbocycles. The number of phenolic OH excluding ortho intramolecular Hbond substituents is 1. The summed E-state index contributed by atoms with van der Waals surface area (Å²) in [5.41, 5.74) is 1.96. The van der Waals surface area contributed by atoms with Gasteiger partial charge in [-0.05, 0) is 18.6 Å². The van der Waals surface area contributed by atoms with E-state index in [1.54, 1.807) is 18.2 Å². The second-order valence-corrected chi connectivity index (χ2v) is 3.62. The van der Waals surface area contributed by atoms with E-state index in [1.165, 1.54) is 6.92 Å². The van der Waals surface area contributed by atoms with Crippen LogP contribution in [0, 0.1) is 0 Å². The topological polar surface area (TPSA) is 37.3 Å². The van der Waals surface area contributed by atoms with Crippen LogP contribution in [0.5, 0.6) is 5.75 Å². The third kappa shape index (κ3) is 2.98. The number of phenols is 1. The largest absolute Gasteiger partial charge is 0.507 e. The molecule has 0 spiro atoms. The van der Waals surface area contributed by atoms with Gasteiger partial charge in [0.05, 0.1) is 5.56 Å². The Balaban J connectivity index is 0.000000771. The summed E-state index contributed by atoms with van der Waals surface area (Å²) in [5.74, 6) is -0.0727. The molecule has 2 aromatic rings. The van der Waals surface area contributed by atoms with Crippen LogP contribution in [0.1, 0.15) is 31.1 Å². The van der Waals surface area contributed by atoms with E-state index in [-0.39, 0.29) is 11.5 Å². The van der Waals surface area contributed by atoms with Crippen LogP contribution in [0.4, 0.5) is 0 Å². The van der Waals surface area contributed by atoms with Gasteiger partial charge >= 0.3 is 0 Å². The maximum absolute atomic E-state index is 11.3. The van der Waals surface area contributed by atoms with Crippen molar-refractivity contribution in [1.82, 2.24) is 0 Å². The predicted molar refractivity (Wildman–Crippen MR) is 74.9 cm³/mol. The van der Waals surface area contributed by atoms with Crippen molar-refractivity contribution < 1.29 is 9.90 Å². The van der Waals surface area contributed by atoms with Gasteiger partial charge in [0.1, 0.15) is 5.75 Å². The predicted octanol–water partition coefficient (Wildman–Crippen LogP) is 4.29. The highest BCUT2D eigenvalue weighted by molar-refractivity contribution is 5.99. The number of Topliss-reactive ketones (excluding diaryl/α,β-unsaturated/α-hetero) is 1. The third-order valence-corrected chi connectivity index (χ3v) is 2.50.